The van der Waals surface area contributed by atoms with Crippen LogP contribution in [0.5, 0.6) is 0 Å². The molecule has 19 heavy (non-hydrogen) atoms. The van der Waals surface area contributed by atoms with Crippen molar-refractivity contribution in [1.82, 2.24) is 20.7 Å². The molecule has 5 rings (SSSR count). The Labute approximate surface area is 116 Å². The predicted molar refractivity (Wildman–Crippen MR) is 75.2 cm³/mol. The van der Waals surface area contributed by atoms with Gasteiger partial charge in [-0.2, -0.15) is 0 Å². The van der Waals surface area contributed by atoms with Crippen LogP contribution in [0.2, 0.25) is 0 Å². The third-order valence-electron chi connectivity index (χ3n) is 4.55. The summed E-state index contributed by atoms with van der Waals surface area (Å²) in [6.07, 6.45) is 7.29. The Bertz CT molecular complexity index is 526. The molecule has 1 aliphatic carbocycles. The van der Waals surface area contributed by atoms with Gasteiger partial charge >= 0.3 is 0 Å². The highest BCUT2D eigenvalue weighted by Crippen LogP contribution is 2.47. The van der Waals surface area contributed by atoms with E-state index in [2.05, 4.69) is 20.6 Å². The highest BCUT2D eigenvalue weighted by Gasteiger charge is 2.48. The molecule has 7 heteroatoms. The van der Waals surface area contributed by atoms with Gasteiger partial charge in [-0.3, -0.25) is 20.2 Å². The summed E-state index contributed by atoms with van der Waals surface area (Å²) in [5, 5.41) is 6.68. The van der Waals surface area contributed by atoms with Gasteiger partial charge in [0.15, 0.2) is 5.17 Å². The first-order valence-electron chi connectivity index (χ1n) is 7.00. The summed E-state index contributed by atoms with van der Waals surface area (Å²) in [6.45, 7) is 0.798. The van der Waals surface area contributed by atoms with Crippen LogP contribution < -0.4 is 10.7 Å². The van der Waals surface area contributed by atoms with E-state index in [4.69, 9.17) is 4.99 Å². The number of amidine groups is 1. The van der Waals surface area contributed by atoms with Crippen LogP contribution in [0.15, 0.2) is 20.7 Å². The number of fused-ring (bicyclic) bond motifs is 6. The zero-order valence-corrected chi connectivity index (χ0v) is 11.4. The van der Waals surface area contributed by atoms with E-state index in [0.29, 0.717) is 12.1 Å². The fraction of sp³-hybridized carbons (Fsp3) is 0.667. The first kappa shape index (κ1) is 10.7. The van der Waals surface area contributed by atoms with Gasteiger partial charge < -0.3 is 0 Å². The van der Waals surface area contributed by atoms with E-state index in [1.165, 1.54) is 35.8 Å². The average Bonchev–Trinajstić information content (AvgIpc) is 3.10. The maximum absolute atomic E-state index is 4.93. The quantitative estimate of drug-likeness (QED) is 0.679. The molecular weight excluding hydrogens is 260 g/mol. The Kier molecular flexibility index (Phi) is 2.11. The molecule has 2 N–H and O–H groups in total. The second kappa shape index (κ2) is 3.74. The fourth-order valence-corrected chi connectivity index (χ4v) is 4.90. The molecule has 3 atom stereocenters. The van der Waals surface area contributed by atoms with Crippen molar-refractivity contribution in [3.05, 3.63) is 10.7 Å². The molecule has 4 heterocycles. The molecule has 0 radical (unpaired) electrons. The Hall–Kier alpha value is -1.05. The van der Waals surface area contributed by atoms with Crippen molar-refractivity contribution in [2.45, 2.75) is 43.9 Å². The number of nitrogens with one attached hydrogen (secondary N) is 2. The molecule has 2 fully saturated rings. The van der Waals surface area contributed by atoms with Crippen LogP contribution in [0.25, 0.3) is 0 Å². The van der Waals surface area contributed by atoms with Gasteiger partial charge in [0.1, 0.15) is 18.3 Å². The lowest BCUT2D eigenvalue weighted by Gasteiger charge is -2.32. The summed E-state index contributed by atoms with van der Waals surface area (Å²) < 4.78 is 0. The minimum atomic E-state index is 0.229. The van der Waals surface area contributed by atoms with Crippen LogP contribution in [0.4, 0.5) is 0 Å². The second-order valence-electron chi connectivity index (χ2n) is 5.58. The molecule has 0 bridgehead atoms. The van der Waals surface area contributed by atoms with Crippen molar-refractivity contribution < 1.29 is 0 Å². The van der Waals surface area contributed by atoms with Crippen molar-refractivity contribution in [2.75, 3.05) is 6.67 Å². The minimum absolute atomic E-state index is 0.229. The average molecular weight is 276 g/mol. The summed E-state index contributed by atoms with van der Waals surface area (Å²) in [4.78, 5) is 13.3. The predicted octanol–water partition coefficient (Wildman–Crippen LogP) is 0.620. The van der Waals surface area contributed by atoms with Crippen LogP contribution in [-0.2, 0) is 0 Å². The van der Waals surface area contributed by atoms with Crippen molar-refractivity contribution in [1.29, 1.82) is 0 Å². The molecule has 0 aromatic rings. The van der Waals surface area contributed by atoms with Gasteiger partial charge in [0, 0.05) is 0 Å². The van der Waals surface area contributed by atoms with Gasteiger partial charge in [-0.1, -0.05) is 12.8 Å². The fourth-order valence-electron chi connectivity index (χ4n) is 3.65. The Morgan fingerprint density at radius 1 is 1.32 bits per heavy atom. The summed E-state index contributed by atoms with van der Waals surface area (Å²) in [7, 11) is 0. The molecule has 6 nitrogen and oxygen atoms in total. The zero-order chi connectivity index (χ0) is 12.4. The van der Waals surface area contributed by atoms with Crippen molar-refractivity contribution >= 4 is 23.3 Å². The van der Waals surface area contributed by atoms with Gasteiger partial charge in [-0.05, 0) is 24.6 Å². The number of hydrazine groups is 1. The normalized spacial score (nSPS) is 39.2. The van der Waals surface area contributed by atoms with Gasteiger partial charge in [-0.15, -0.1) is 0 Å². The Morgan fingerprint density at radius 3 is 3.26 bits per heavy atom. The van der Waals surface area contributed by atoms with E-state index in [1.807, 2.05) is 11.3 Å². The number of hydrogen-bond acceptors (Lipinski definition) is 7. The maximum Gasteiger partial charge on any atom is 0.170 e. The molecule has 1 saturated heterocycles. The van der Waals surface area contributed by atoms with Crippen molar-refractivity contribution in [2.24, 2.45) is 9.98 Å². The number of nitrogens with zero attached hydrogens (tertiary/aromatic N) is 4. The number of rotatable bonds is 0. The van der Waals surface area contributed by atoms with Crippen LogP contribution in [-0.4, -0.2) is 46.3 Å². The molecule has 1 saturated carbocycles. The maximum atomic E-state index is 4.93. The Morgan fingerprint density at radius 2 is 2.26 bits per heavy atom. The molecule has 3 unspecified atom stereocenters. The lowest BCUT2D eigenvalue weighted by atomic mass is 9.91. The summed E-state index contributed by atoms with van der Waals surface area (Å²) in [5.74, 6) is 1.13. The van der Waals surface area contributed by atoms with Gasteiger partial charge in [0.25, 0.3) is 0 Å². The van der Waals surface area contributed by atoms with Crippen LogP contribution in [0, 0.1) is 0 Å². The molecule has 0 aromatic carbocycles. The highest BCUT2D eigenvalue weighted by atomic mass is 32.2. The number of hydrogen-bond donors (Lipinski definition) is 2. The van der Waals surface area contributed by atoms with Crippen LogP contribution in [0.1, 0.15) is 25.7 Å². The van der Waals surface area contributed by atoms with E-state index >= 15 is 0 Å². The van der Waals surface area contributed by atoms with Crippen LogP contribution >= 0.6 is 11.8 Å². The number of thioether (sulfide) groups is 1. The van der Waals surface area contributed by atoms with Gasteiger partial charge in [-0.25, -0.2) is 10.4 Å². The van der Waals surface area contributed by atoms with E-state index in [9.17, 15) is 0 Å². The molecule has 100 valence electrons. The molecule has 4 aliphatic heterocycles. The first-order valence-corrected chi connectivity index (χ1v) is 7.82. The lowest BCUT2D eigenvalue weighted by molar-refractivity contribution is 0.273. The molecule has 5 aliphatic rings. The minimum Gasteiger partial charge on any atom is -0.299 e. The van der Waals surface area contributed by atoms with Gasteiger partial charge in [0.05, 0.1) is 23.7 Å². The molecule has 0 aromatic heterocycles. The summed E-state index contributed by atoms with van der Waals surface area (Å²) >= 11 is 1.81. The topological polar surface area (TPSA) is 55.3 Å². The Balaban J connectivity index is 1.54. The third kappa shape index (κ3) is 1.35. The van der Waals surface area contributed by atoms with E-state index < -0.39 is 0 Å². The third-order valence-corrected chi connectivity index (χ3v) is 5.66. The standard InChI is InChI=1S/C12H16N6S/c1-2-4-8-7(3-1)16-12-18(8)11-9(19-12)10-13-5-15-17(10)6-14-11/h6-8,10,13,15H,1-5H2. The molecule has 0 spiro atoms. The monoisotopic (exact) mass is 276 g/mol. The van der Waals surface area contributed by atoms with Crippen molar-refractivity contribution in [3.8, 4) is 0 Å². The highest BCUT2D eigenvalue weighted by molar-refractivity contribution is 8.17. The zero-order valence-electron chi connectivity index (χ0n) is 10.5. The molecule has 0 amide bonds. The second-order valence-corrected chi connectivity index (χ2v) is 6.59. The lowest BCUT2D eigenvalue weighted by Crippen LogP contribution is -2.43. The summed E-state index contributed by atoms with van der Waals surface area (Å²) in [5.41, 5.74) is 3.26. The summed E-state index contributed by atoms with van der Waals surface area (Å²) in [6, 6.07) is 1.06. The first-order chi connectivity index (χ1) is 9.42. The number of aliphatic imine (C=N–C) groups is 2. The van der Waals surface area contributed by atoms with Gasteiger partial charge in [0.2, 0.25) is 0 Å². The largest absolute Gasteiger partial charge is 0.299 e. The van der Waals surface area contributed by atoms with E-state index in [1.54, 1.807) is 11.8 Å². The van der Waals surface area contributed by atoms with Crippen LogP contribution in [0.3, 0.4) is 0 Å². The molecular formula is C12H16N6S. The van der Waals surface area contributed by atoms with E-state index in [0.717, 1.165) is 12.5 Å². The SMILES string of the molecule is C1=NC2=C(SC3=NC4CCCCC4N32)C2NCNN12. The smallest absolute Gasteiger partial charge is 0.170 e. The van der Waals surface area contributed by atoms with Crippen molar-refractivity contribution in [3.63, 3.8) is 0 Å². The van der Waals surface area contributed by atoms with E-state index in [-0.39, 0.29) is 6.17 Å².